The zero-order valence-electron chi connectivity index (χ0n) is 12.6. The number of fused-ring (bicyclic) bond motifs is 4. The van der Waals surface area contributed by atoms with Gasteiger partial charge in [0, 0.05) is 16.9 Å². The SMILES string of the molecule is O=c1oc2ccccc2c2c1C(c1ccccc1)c1cn[nH]c1N2. The molecule has 116 valence electrons. The molecule has 0 saturated heterocycles. The van der Waals surface area contributed by atoms with Gasteiger partial charge < -0.3 is 9.73 Å². The van der Waals surface area contributed by atoms with Gasteiger partial charge in [0.15, 0.2) is 0 Å². The van der Waals surface area contributed by atoms with Crippen LogP contribution in [0.2, 0.25) is 0 Å². The van der Waals surface area contributed by atoms with Crippen LogP contribution < -0.4 is 10.9 Å². The number of anilines is 2. The van der Waals surface area contributed by atoms with Crippen LogP contribution in [0, 0.1) is 0 Å². The molecule has 0 spiro atoms. The summed E-state index contributed by atoms with van der Waals surface area (Å²) in [6, 6.07) is 17.5. The molecule has 0 amide bonds. The monoisotopic (exact) mass is 315 g/mol. The summed E-state index contributed by atoms with van der Waals surface area (Å²) in [7, 11) is 0. The summed E-state index contributed by atoms with van der Waals surface area (Å²) in [4.78, 5) is 12.8. The molecule has 5 nitrogen and oxygen atoms in total. The second-order valence-corrected chi connectivity index (χ2v) is 5.84. The predicted molar refractivity (Wildman–Crippen MR) is 91.7 cm³/mol. The maximum absolute atomic E-state index is 12.8. The normalized spacial score (nSPS) is 15.6. The number of hydrogen-bond acceptors (Lipinski definition) is 4. The molecule has 0 radical (unpaired) electrons. The van der Waals surface area contributed by atoms with Gasteiger partial charge in [0.05, 0.1) is 17.4 Å². The van der Waals surface area contributed by atoms with Gasteiger partial charge >= 0.3 is 5.63 Å². The molecule has 3 heterocycles. The predicted octanol–water partition coefficient (Wildman–Crippen LogP) is 3.75. The fourth-order valence-electron chi connectivity index (χ4n) is 3.45. The van der Waals surface area contributed by atoms with E-state index in [1.807, 2.05) is 48.5 Å². The molecule has 4 aromatic rings. The highest BCUT2D eigenvalue weighted by Gasteiger charge is 2.33. The highest BCUT2D eigenvalue weighted by atomic mass is 16.4. The molecule has 2 aromatic heterocycles. The lowest BCUT2D eigenvalue weighted by Gasteiger charge is -2.26. The van der Waals surface area contributed by atoms with Gasteiger partial charge in [-0.25, -0.2) is 4.79 Å². The van der Waals surface area contributed by atoms with Gasteiger partial charge in [0.2, 0.25) is 0 Å². The van der Waals surface area contributed by atoms with Crippen LogP contribution >= 0.6 is 0 Å². The highest BCUT2D eigenvalue weighted by molar-refractivity contribution is 5.95. The van der Waals surface area contributed by atoms with Crippen molar-refractivity contribution in [2.45, 2.75) is 5.92 Å². The van der Waals surface area contributed by atoms with Crippen LogP contribution in [-0.2, 0) is 0 Å². The first-order chi connectivity index (χ1) is 11.8. The second-order valence-electron chi connectivity index (χ2n) is 5.84. The zero-order valence-corrected chi connectivity index (χ0v) is 12.6. The first kappa shape index (κ1) is 13.1. The van der Waals surface area contributed by atoms with Gasteiger partial charge in [0.1, 0.15) is 11.4 Å². The zero-order chi connectivity index (χ0) is 16.1. The number of aromatic amines is 1. The van der Waals surface area contributed by atoms with Crippen LogP contribution in [0.5, 0.6) is 0 Å². The molecule has 5 rings (SSSR count). The Morgan fingerprint density at radius 1 is 1.00 bits per heavy atom. The first-order valence-electron chi connectivity index (χ1n) is 7.74. The molecule has 1 atom stereocenters. The lowest BCUT2D eigenvalue weighted by molar-refractivity contribution is 0.549. The molecule has 0 fully saturated rings. The van der Waals surface area contributed by atoms with E-state index in [4.69, 9.17) is 4.42 Å². The van der Waals surface area contributed by atoms with Gasteiger partial charge in [-0.3, -0.25) is 5.10 Å². The molecule has 1 aliphatic rings. The third-order valence-electron chi connectivity index (χ3n) is 4.50. The topological polar surface area (TPSA) is 70.9 Å². The lowest BCUT2D eigenvalue weighted by Crippen LogP contribution is -2.21. The molecule has 5 heteroatoms. The maximum atomic E-state index is 12.8. The summed E-state index contributed by atoms with van der Waals surface area (Å²) in [5.74, 6) is 0.601. The molecule has 0 bridgehead atoms. The number of aromatic nitrogens is 2. The Balaban J connectivity index is 1.89. The molecule has 2 N–H and O–H groups in total. The van der Waals surface area contributed by atoms with E-state index in [1.54, 1.807) is 12.3 Å². The number of hydrogen-bond donors (Lipinski definition) is 2. The number of nitrogens with one attached hydrogen (secondary N) is 2. The van der Waals surface area contributed by atoms with E-state index in [0.717, 1.165) is 28.0 Å². The van der Waals surface area contributed by atoms with Gasteiger partial charge in [-0.05, 0) is 17.7 Å². The van der Waals surface area contributed by atoms with Gasteiger partial charge in [-0.2, -0.15) is 5.10 Å². The minimum Gasteiger partial charge on any atom is -0.422 e. The molecule has 0 aliphatic carbocycles. The van der Waals surface area contributed by atoms with Crippen LogP contribution in [0.15, 0.2) is 70.0 Å². The van der Waals surface area contributed by atoms with Crippen LogP contribution in [0.25, 0.3) is 11.0 Å². The van der Waals surface area contributed by atoms with Crippen LogP contribution in [-0.4, -0.2) is 10.2 Å². The third-order valence-corrected chi connectivity index (χ3v) is 4.50. The van der Waals surface area contributed by atoms with Crippen molar-refractivity contribution in [1.29, 1.82) is 0 Å². The molecule has 24 heavy (non-hydrogen) atoms. The molecule has 1 unspecified atom stereocenters. The van der Waals surface area contributed by atoms with Gasteiger partial charge in [0.25, 0.3) is 0 Å². The standard InChI is InChI=1S/C19H13N3O2/c23-19-16-15(11-6-2-1-3-7-11)13-10-20-22-18(13)21-17(16)12-8-4-5-9-14(12)24-19/h1-10,15H,(H2,20,21,22). The number of para-hydroxylation sites is 1. The van der Waals surface area contributed by atoms with E-state index < -0.39 is 0 Å². The van der Waals surface area contributed by atoms with E-state index in [9.17, 15) is 4.79 Å². The van der Waals surface area contributed by atoms with E-state index in [1.165, 1.54) is 0 Å². The van der Waals surface area contributed by atoms with E-state index in [0.29, 0.717) is 11.1 Å². The average molecular weight is 315 g/mol. The van der Waals surface area contributed by atoms with Crippen molar-refractivity contribution < 1.29 is 4.42 Å². The fraction of sp³-hybridized carbons (Fsp3) is 0.0526. The van der Waals surface area contributed by atoms with E-state index in [2.05, 4.69) is 15.5 Å². The Hall–Kier alpha value is -3.34. The van der Waals surface area contributed by atoms with Crippen LogP contribution in [0.1, 0.15) is 22.6 Å². The fourth-order valence-corrected chi connectivity index (χ4v) is 3.45. The minimum absolute atomic E-state index is 0.211. The molecule has 2 aromatic carbocycles. The quantitative estimate of drug-likeness (QED) is 0.462. The Bertz CT molecular complexity index is 1110. The third kappa shape index (κ3) is 1.75. The van der Waals surface area contributed by atoms with Crippen molar-refractivity contribution in [3.05, 3.63) is 87.9 Å². The number of rotatable bonds is 1. The van der Waals surface area contributed by atoms with Crippen molar-refractivity contribution in [3.8, 4) is 0 Å². The molecule has 1 aliphatic heterocycles. The van der Waals surface area contributed by atoms with Gasteiger partial charge in [-0.1, -0.05) is 42.5 Å². The largest absolute Gasteiger partial charge is 0.422 e. The second kappa shape index (κ2) is 4.83. The Kier molecular flexibility index (Phi) is 2.64. The van der Waals surface area contributed by atoms with Gasteiger partial charge in [-0.15, -0.1) is 0 Å². The van der Waals surface area contributed by atoms with Crippen molar-refractivity contribution in [2.75, 3.05) is 5.32 Å². The van der Waals surface area contributed by atoms with Crippen molar-refractivity contribution in [2.24, 2.45) is 0 Å². The number of benzene rings is 2. The highest BCUT2D eigenvalue weighted by Crippen LogP contribution is 2.44. The minimum atomic E-state index is -0.322. The van der Waals surface area contributed by atoms with E-state index >= 15 is 0 Å². The van der Waals surface area contributed by atoms with Crippen LogP contribution in [0.4, 0.5) is 11.5 Å². The number of H-pyrrole nitrogens is 1. The average Bonchev–Trinajstić information content (AvgIpc) is 3.09. The van der Waals surface area contributed by atoms with E-state index in [-0.39, 0.29) is 11.5 Å². The molecule has 0 saturated carbocycles. The summed E-state index contributed by atoms with van der Waals surface area (Å²) in [5.41, 5.74) is 3.63. The lowest BCUT2D eigenvalue weighted by atomic mass is 9.83. The maximum Gasteiger partial charge on any atom is 0.342 e. The molecular formula is C19H13N3O2. The van der Waals surface area contributed by atoms with Crippen molar-refractivity contribution >= 4 is 22.5 Å². The summed E-state index contributed by atoms with van der Waals surface area (Å²) < 4.78 is 5.58. The molecular weight excluding hydrogens is 302 g/mol. The smallest absolute Gasteiger partial charge is 0.342 e. The Labute approximate surface area is 136 Å². The summed E-state index contributed by atoms with van der Waals surface area (Å²) in [6.07, 6.45) is 1.76. The first-order valence-corrected chi connectivity index (χ1v) is 7.74. The van der Waals surface area contributed by atoms with Crippen LogP contribution in [0.3, 0.4) is 0 Å². The summed E-state index contributed by atoms with van der Waals surface area (Å²) >= 11 is 0. The Morgan fingerprint density at radius 3 is 2.67 bits per heavy atom. The van der Waals surface area contributed by atoms with Crippen molar-refractivity contribution in [1.82, 2.24) is 10.2 Å². The summed E-state index contributed by atoms with van der Waals surface area (Å²) in [5, 5.41) is 11.3. The van der Waals surface area contributed by atoms with Crippen molar-refractivity contribution in [3.63, 3.8) is 0 Å². The Morgan fingerprint density at radius 2 is 1.79 bits per heavy atom. The summed E-state index contributed by atoms with van der Waals surface area (Å²) in [6.45, 7) is 0. The number of nitrogens with zero attached hydrogens (tertiary/aromatic N) is 1.